The lowest BCUT2D eigenvalue weighted by molar-refractivity contribution is 0.571. The van der Waals surface area contributed by atoms with Gasteiger partial charge in [-0.2, -0.15) is 4.98 Å². The highest BCUT2D eigenvalue weighted by Crippen LogP contribution is 2.32. The summed E-state index contributed by atoms with van der Waals surface area (Å²) in [6, 6.07) is 3.66. The van der Waals surface area contributed by atoms with Crippen molar-refractivity contribution in [2.45, 2.75) is 6.42 Å². The minimum atomic E-state index is -3.43. The molecule has 1 aromatic carbocycles. The highest BCUT2D eigenvalue weighted by atomic mass is 35.5. The molecule has 10 heteroatoms. The number of rotatable bonds is 3. The maximum atomic E-state index is 11.5. The highest BCUT2D eigenvalue weighted by Gasteiger charge is 2.19. The summed E-state index contributed by atoms with van der Waals surface area (Å²) in [6.07, 6.45) is 2.07. The van der Waals surface area contributed by atoms with E-state index < -0.39 is 10.0 Å². The van der Waals surface area contributed by atoms with E-state index >= 15 is 0 Å². The van der Waals surface area contributed by atoms with E-state index in [4.69, 9.17) is 16.0 Å². The van der Waals surface area contributed by atoms with Gasteiger partial charge < -0.3 is 14.6 Å². The molecule has 0 unspecified atom stereocenters. The van der Waals surface area contributed by atoms with Gasteiger partial charge in [-0.15, -0.1) is 12.4 Å². The number of hydrogen-bond donors (Lipinski definition) is 2. The summed E-state index contributed by atoms with van der Waals surface area (Å²) >= 11 is 6.03. The minimum absolute atomic E-state index is 0. The molecular formula is C13H18Cl2N4O3S. The number of anilines is 2. The van der Waals surface area contributed by atoms with Crippen LogP contribution in [-0.2, 0) is 10.0 Å². The van der Waals surface area contributed by atoms with Crippen molar-refractivity contribution in [3.05, 3.63) is 17.2 Å². The van der Waals surface area contributed by atoms with E-state index in [1.807, 2.05) is 4.90 Å². The zero-order chi connectivity index (χ0) is 15.7. The van der Waals surface area contributed by atoms with Crippen LogP contribution >= 0.6 is 24.0 Å². The zero-order valence-electron chi connectivity index (χ0n) is 12.5. The normalized spacial score (nSPS) is 16.0. The molecule has 0 radical (unpaired) electrons. The summed E-state index contributed by atoms with van der Waals surface area (Å²) in [5, 5.41) is 3.71. The Morgan fingerprint density at radius 2 is 2.13 bits per heavy atom. The van der Waals surface area contributed by atoms with Crippen LogP contribution in [0, 0.1) is 0 Å². The van der Waals surface area contributed by atoms with Crippen LogP contribution in [0.4, 0.5) is 11.7 Å². The van der Waals surface area contributed by atoms with E-state index in [9.17, 15) is 8.42 Å². The number of nitrogens with zero attached hydrogens (tertiary/aromatic N) is 2. The van der Waals surface area contributed by atoms with Gasteiger partial charge in [-0.25, -0.2) is 8.42 Å². The first-order chi connectivity index (χ1) is 10.4. The number of aromatic nitrogens is 1. The van der Waals surface area contributed by atoms with E-state index in [1.165, 1.54) is 6.07 Å². The Kier molecular flexibility index (Phi) is 5.61. The van der Waals surface area contributed by atoms with Crippen molar-refractivity contribution in [1.29, 1.82) is 0 Å². The average Bonchev–Trinajstić information content (AvgIpc) is 2.66. The summed E-state index contributed by atoms with van der Waals surface area (Å²) in [6.45, 7) is 3.44. The fourth-order valence-electron chi connectivity index (χ4n) is 2.43. The molecule has 7 nitrogen and oxygen atoms in total. The molecule has 3 rings (SSSR count). The molecule has 0 amide bonds. The number of nitrogens with one attached hydrogen (secondary N) is 2. The van der Waals surface area contributed by atoms with Crippen molar-refractivity contribution >= 4 is 56.8 Å². The van der Waals surface area contributed by atoms with Crippen LogP contribution in [-0.4, -0.2) is 45.8 Å². The van der Waals surface area contributed by atoms with Gasteiger partial charge in [0.2, 0.25) is 10.0 Å². The molecule has 2 heterocycles. The maximum absolute atomic E-state index is 11.5. The number of halogens is 2. The Labute approximate surface area is 145 Å². The lowest BCUT2D eigenvalue weighted by atomic mass is 10.3. The van der Waals surface area contributed by atoms with Gasteiger partial charge in [-0.1, -0.05) is 11.6 Å². The predicted octanol–water partition coefficient (Wildman–Crippen LogP) is 2.07. The summed E-state index contributed by atoms with van der Waals surface area (Å²) in [5.41, 5.74) is 1.23. The van der Waals surface area contributed by atoms with Crippen molar-refractivity contribution < 1.29 is 12.8 Å². The zero-order valence-corrected chi connectivity index (χ0v) is 14.9. The number of oxazole rings is 1. The topological polar surface area (TPSA) is 87.5 Å². The first-order valence-electron chi connectivity index (χ1n) is 6.96. The van der Waals surface area contributed by atoms with Crippen LogP contribution in [0.1, 0.15) is 6.42 Å². The van der Waals surface area contributed by atoms with Crippen LogP contribution in [0.15, 0.2) is 16.5 Å². The third-order valence-electron chi connectivity index (χ3n) is 3.35. The molecule has 0 aliphatic carbocycles. The van der Waals surface area contributed by atoms with Crippen molar-refractivity contribution in [3.63, 3.8) is 0 Å². The molecule has 1 fully saturated rings. The lowest BCUT2D eigenvalue weighted by Crippen LogP contribution is -2.27. The monoisotopic (exact) mass is 380 g/mol. The molecule has 1 aliphatic rings. The Morgan fingerprint density at radius 1 is 1.35 bits per heavy atom. The summed E-state index contributed by atoms with van der Waals surface area (Å²) in [7, 11) is -3.43. The van der Waals surface area contributed by atoms with Crippen molar-refractivity contribution in [1.82, 2.24) is 10.3 Å². The fourth-order valence-corrected chi connectivity index (χ4v) is 3.20. The largest absolute Gasteiger partial charge is 0.421 e. The summed E-state index contributed by atoms with van der Waals surface area (Å²) in [5.74, 6) is 0. The molecule has 0 atom stereocenters. The number of fused-ring (bicyclic) bond motifs is 1. The highest BCUT2D eigenvalue weighted by molar-refractivity contribution is 7.92. The first kappa shape index (κ1) is 18.1. The second-order valence-electron chi connectivity index (χ2n) is 5.26. The lowest BCUT2D eigenvalue weighted by Gasteiger charge is -2.16. The molecule has 2 N–H and O–H groups in total. The Bertz CT molecular complexity index is 786. The maximum Gasteiger partial charge on any atom is 0.298 e. The molecule has 2 aromatic rings. The molecule has 0 saturated carbocycles. The Morgan fingerprint density at radius 3 is 2.87 bits per heavy atom. The van der Waals surface area contributed by atoms with E-state index in [0.29, 0.717) is 27.8 Å². The average molecular weight is 381 g/mol. The van der Waals surface area contributed by atoms with Gasteiger partial charge >= 0.3 is 0 Å². The molecule has 1 aliphatic heterocycles. The van der Waals surface area contributed by atoms with E-state index in [2.05, 4.69) is 15.0 Å². The van der Waals surface area contributed by atoms with Gasteiger partial charge in [0.15, 0.2) is 5.58 Å². The molecule has 1 aromatic heterocycles. The van der Waals surface area contributed by atoms with Crippen LogP contribution in [0.25, 0.3) is 11.1 Å². The summed E-state index contributed by atoms with van der Waals surface area (Å²) < 4.78 is 31.2. The SMILES string of the molecule is CS(=O)(=O)Nc1cc(Cl)cc2nc(N3CCCNCC3)oc12.Cl. The summed E-state index contributed by atoms with van der Waals surface area (Å²) in [4.78, 5) is 6.48. The quantitative estimate of drug-likeness (QED) is 0.847. The predicted molar refractivity (Wildman–Crippen MR) is 94.4 cm³/mol. The van der Waals surface area contributed by atoms with Gasteiger partial charge in [-0.3, -0.25) is 4.72 Å². The molecule has 0 spiro atoms. The van der Waals surface area contributed by atoms with Crippen LogP contribution in [0.5, 0.6) is 0 Å². The number of sulfonamides is 1. The van der Waals surface area contributed by atoms with Crippen LogP contribution < -0.4 is 14.9 Å². The van der Waals surface area contributed by atoms with Gasteiger partial charge in [0, 0.05) is 24.7 Å². The van der Waals surface area contributed by atoms with E-state index in [-0.39, 0.29) is 12.4 Å². The number of benzene rings is 1. The van der Waals surface area contributed by atoms with Gasteiger partial charge in [0.25, 0.3) is 6.01 Å². The van der Waals surface area contributed by atoms with E-state index in [0.717, 1.165) is 38.9 Å². The molecule has 128 valence electrons. The molecular weight excluding hydrogens is 363 g/mol. The van der Waals surface area contributed by atoms with Crippen molar-refractivity contribution in [3.8, 4) is 0 Å². The van der Waals surface area contributed by atoms with Crippen LogP contribution in [0.3, 0.4) is 0 Å². The second kappa shape index (κ2) is 7.12. The standard InChI is InChI=1S/C13H17ClN4O3S.ClH/c1-22(19,20)17-11-8-9(14)7-10-12(11)21-13(16-10)18-5-2-3-15-4-6-18;/h7-8,15,17H,2-6H2,1H3;1H. The second-order valence-corrected chi connectivity index (χ2v) is 7.45. The van der Waals surface area contributed by atoms with Gasteiger partial charge in [0.05, 0.1) is 11.9 Å². The van der Waals surface area contributed by atoms with Crippen molar-refractivity contribution in [2.24, 2.45) is 0 Å². The smallest absolute Gasteiger partial charge is 0.298 e. The molecule has 1 saturated heterocycles. The fraction of sp³-hybridized carbons (Fsp3) is 0.462. The minimum Gasteiger partial charge on any atom is -0.421 e. The van der Waals surface area contributed by atoms with Crippen molar-refractivity contribution in [2.75, 3.05) is 42.1 Å². The first-order valence-corrected chi connectivity index (χ1v) is 9.23. The third-order valence-corrected chi connectivity index (χ3v) is 4.16. The third kappa shape index (κ3) is 4.41. The van der Waals surface area contributed by atoms with Gasteiger partial charge in [0.1, 0.15) is 5.52 Å². The van der Waals surface area contributed by atoms with Gasteiger partial charge in [-0.05, 0) is 25.1 Å². The van der Waals surface area contributed by atoms with E-state index in [1.54, 1.807) is 6.07 Å². The number of hydrogen-bond acceptors (Lipinski definition) is 6. The molecule has 23 heavy (non-hydrogen) atoms. The van der Waals surface area contributed by atoms with Crippen LogP contribution in [0.2, 0.25) is 5.02 Å². The Hall–Kier alpha value is -1.22. The molecule has 0 bridgehead atoms. The Balaban J connectivity index is 0.00000192.